The van der Waals surface area contributed by atoms with E-state index in [2.05, 4.69) is 6.92 Å². The molecule has 0 spiro atoms. The van der Waals surface area contributed by atoms with Gasteiger partial charge in [0, 0.05) is 0 Å². The van der Waals surface area contributed by atoms with E-state index in [-0.39, 0.29) is 11.5 Å². The van der Waals surface area contributed by atoms with Gasteiger partial charge >= 0.3 is 0 Å². The summed E-state index contributed by atoms with van der Waals surface area (Å²) < 4.78 is 0. The Morgan fingerprint density at radius 2 is 2.44 bits per heavy atom. The molecule has 0 aliphatic heterocycles. The van der Waals surface area contributed by atoms with Crippen molar-refractivity contribution in [3.63, 3.8) is 0 Å². The summed E-state index contributed by atoms with van der Waals surface area (Å²) in [4.78, 5) is 0. The summed E-state index contributed by atoms with van der Waals surface area (Å²) in [5.41, 5.74) is 5.75. The number of hydrogen-bond acceptors (Lipinski definition) is 2. The van der Waals surface area contributed by atoms with Crippen molar-refractivity contribution in [2.75, 3.05) is 6.54 Å². The molecule has 1 aliphatic rings. The highest BCUT2D eigenvalue weighted by atomic mass is 16.3. The molecule has 1 rings (SSSR count). The second-order valence-corrected chi connectivity index (χ2v) is 3.41. The van der Waals surface area contributed by atoms with Crippen LogP contribution < -0.4 is 5.73 Å². The first-order valence-corrected chi connectivity index (χ1v) is 3.54. The molecule has 0 amide bonds. The average molecular weight is 129 g/mol. The van der Waals surface area contributed by atoms with Gasteiger partial charge in [-0.15, -0.1) is 0 Å². The van der Waals surface area contributed by atoms with Gasteiger partial charge in [0.05, 0.1) is 6.10 Å². The van der Waals surface area contributed by atoms with Gasteiger partial charge in [-0.3, -0.25) is 0 Å². The molecule has 0 saturated heterocycles. The van der Waals surface area contributed by atoms with Crippen LogP contribution in [0.3, 0.4) is 0 Å². The van der Waals surface area contributed by atoms with Crippen LogP contribution in [0.5, 0.6) is 0 Å². The largest absolute Gasteiger partial charge is 0.393 e. The molecule has 2 heteroatoms. The number of aliphatic hydroxyl groups is 1. The fraction of sp³-hybridized carbons (Fsp3) is 1.00. The van der Waals surface area contributed by atoms with Gasteiger partial charge in [0.15, 0.2) is 0 Å². The van der Waals surface area contributed by atoms with E-state index in [0.717, 1.165) is 19.3 Å². The van der Waals surface area contributed by atoms with E-state index in [9.17, 15) is 0 Å². The van der Waals surface area contributed by atoms with Crippen LogP contribution in [0.25, 0.3) is 0 Å². The van der Waals surface area contributed by atoms with E-state index in [0.29, 0.717) is 6.54 Å². The van der Waals surface area contributed by atoms with Crippen LogP contribution >= 0.6 is 0 Å². The molecule has 3 N–H and O–H groups in total. The zero-order valence-electron chi connectivity index (χ0n) is 5.93. The second-order valence-electron chi connectivity index (χ2n) is 3.41. The standard InChI is InChI=1S/C7H15NO/c1-7(5-8)3-2-6(9)4-7/h6,9H,2-5,8H2,1H3. The first-order valence-electron chi connectivity index (χ1n) is 3.54. The molecule has 0 aromatic heterocycles. The van der Waals surface area contributed by atoms with Crippen molar-refractivity contribution in [1.29, 1.82) is 0 Å². The summed E-state index contributed by atoms with van der Waals surface area (Å²) in [6, 6.07) is 0. The molecule has 1 aliphatic carbocycles. The summed E-state index contributed by atoms with van der Waals surface area (Å²) in [5.74, 6) is 0. The lowest BCUT2D eigenvalue weighted by molar-refractivity contribution is 0.165. The fourth-order valence-corrected chi connectivity index (χ4v) is 1.47. The van der Waals surface area contributed by atoms with Gasteiger partial charge in [0.1, 0.15) is 0 Å². The van der Waals surface area contributed by atoms with Crippen molar-refractivity contribution >= 4 is 0 Å². The Morgan fingerprint density at radius 1 is 1.78 bits per heavy atom. The molecule has 0 aromatic carbocycles. The molecule has 9 heavy (non-hydrogen) atoms. The summed E-state index contributed by atoms with van der Waals surface area (Å²) in [6.07, 6.45) is 2.83. The normalized spacial score (nSPS) is 43.7. The van der Waals surface area contributed by atoms with Crippen molar-refractivity contribution in [3.05, 3.63) is 0 Å². The fourth-order valence-electron chi connectivity index (χ4n) is 1.47. The maximum Gasteiger partial charge on any atom is 0.0546 e. The number of hydrogen-bond donors (Lipinski definition) is 2. The molecule has 54 valence electrons. The molecular formula is C7H15NO. The van der Waals surface area contributed by atoms with Crippen molar-refractivity contribution in [1.82, 2.24) is 0 Å². The Hall–Kier alpha value is -0.0800. The third-order valence-corrected chi connectivity index (χ3v) is 2.30. The van der Waals surface area contributed by atoms with Gasteiger partial charge < -0.3 is 10.8 Å². The van der Waals surface area contributed by atoms with E-state index in [1.165, 1.54) is 0 Å². The SMILES string of the molecule is CC1(CN)CCC(O)C1. The van der Waals surface area contributed by atoms with Crippen molar-refractivity contribution in [3.8, 4) is 0 Å². The highest BCUT2D eigenvalue weighted by molar-refractivity contribution is 4.85. The number of aliphatic hydroxyl groups excluding tert-OH is 1. The molecule has 1 saturated carbocycles. The number of rotatable bonds is 1. The lowest BCUT2D eigenvalue weighted by Gasteiger charge is -2.19. The molecule has 2 nitrogen and oxygen atoms in total. The lowest BCUT2D eigenvalue weighted by Crippen LogP contribution is -2.24. The quantitative estimate of drug-likeness (QED) is 0.541. The monoisotopic (exact) mass is 129 g/mol. The molecule has 0 radical (unpaired) electrons. The molecule has 1 fully saturated rings. The molecule has 2 unspecified atom stereocenters. The molecule has 0 aromatic rings. The van der Waals surface area contributed by atoms with E-state index in [1.54, 1.807) is 0 Å². The first kappa shape index (κ1) is 7.03. The van der Waals surface area contributed by atoms with Crippen LogP contribution in [0.15, 0.2) is 0 Å². The molecule has 0 bridgehead atoms. The third-order valence-electron chi connectivity index (χ3n) is 2.30. The number of nitrogens with two attached hydrogens (primary N) is 1. The summed E-state index contributed by atoms with van der Waals surface area (Å²) in [6.45, 7) is 2.85. The van der Waals surface area contributed by atoms with Crippen LogP contribution in [0, 0.1) is 5.41 Å². The Labute approximate surface area is 56.1 Å². The maximum atomic E-state index is 9.14. The Morgan fingerprint density at radius 3 is 2.67 bits per heavy atom. The minimum atomic E-state index is -0.0847. The third kappa shape index (κ3) is 1.43. The summed E-state index contributed by atoms with van der Waals surface area (Å²) >= 11 is 0. The van der Waals surface area contributed by atoms with Gasteiger partial charge in [-0.25, -0.2) is 0 Å². The Bertz CT molecular complexity index is 105. The van der Waals surface area contributed by atoms with Crippen molar-refractivity contribution in [2.24, 2.45) is 11.1 Å². The van der Waals surface area contributed by atoms with Gasteiger partial charge in [0.2, 0.25) is 0 Å². The highest BCUT2D eigenvalue weighted by Crippen LogP contribution is 2.36. The minimum absolute atomic E-state index is 0.0847. The predicted molar refractivity (Wildman–Crippen MR) is 37.0 cm³/mol. The van der Waals surface area contributed by atoms with E-state index < -0.39 is 0 Å². The molecule has 0 heterocycles. The minimum Gasteiger partial charge on any atom is -0.393 e. The van der Waals surface area contributed by atoms with Crippen LogP contribution in [0.4, 0.5) is 0 Å². The molecular weight excluding hydrogens is 114 g/mol. The van der Waals surface area contributed by atoms with E-state index in [1.807, 2.05) is 0 Å². The van der Waals surface area contributed by atoms with E-state index in [4.69, 9.17) is 10.8 Å². The van der Waals surface area contributed by atoms with Crippen molar-refractivity contribution < 1.29 is 5.11 Å². The smallest absolute Gasteiger partial charge is 0.0546 e. The second kappa shape index (κ2) is 2.27. The van der Waals surface area contributed by atoms with Crippen LogP contribution in [0.1, 0.15) is 26.2 Å². The highest BCUT2D eigenvalue weighted by Gasteiger charge is 2.32. The van der Waals surface area contributed by atoms with Crippen LogP contribution in [-0.2, 0) is 0 Å². The van der Waals surface area contributed by atoms with Gasteiger partial charge in [-0.05, 0) is 31.2 Å². The predicted octanol–water partition coefficient (Wildman–Crippen LogP) is 0.496. The maximum absolute atomic E-state index is 9.14. The van der Waals surface area contributed by atoms with Gasteiger partial charge in [-0.1, -0.05) is 6.92 Å². The first-order chi connectivity index (χ1) is 4.16. The summed E-state index contributed by atoms with van der Waals surface area (Å²) in [7, 11) is 0. The van der Waals surface area contributed by atoms with Crippen molar-refractivity contribution in [2.45, 2.75) is 32.3 Å². The van der Waals surface area contributed by atoms with Crippen LogP contribution in [0.2, 0.25) is 0 Å². The lowest BCUT2D eigenvalue weighted by atomic mass is 9.89. The van der Waals surface area contributed by atoms with Crippen LogP contribution in [-0.4, -0.2) is 17.8 Å². The zero-order chi connectivity index (χ0) is 6.91. The topological polar surface area (TPSA) is 46.2 Å². The average Bonchev–Trinajstić information content (AvgIpc) is 2.13. The summed E-state index contributed by atoms with van der Waals surface area (Å²) in [5, 5.41) is 9.14. The Kier molecular flexibility index (Phi) is 1.78. The van der Waals surface area contributed by atoms with E-state index >= 15 is 0 Å². The Balaban J connectivity index is 2.45. The van der Waals surface area contributed by atoms with Gasteiger partial charge in [-0.2, -0.15) is 0 Å². The zero-order valence-corrected chi connectivity index (χ0v) is 5.93. The molecule has 2 atom stereocenters. The van der Waals surface area contributed by atoms with Gasteiger partial charge in [0.25, 0.3) is 0 Å².